The number of nitrogens with zero attached hydrogens (tertiary/aromatic N) is 1. The van der Waals surface area contributed by atoms with E-state index in [1.165, 1.54) is 10.4 Å². The number of benzene rings is 1. The van der Waals surface area contributed by atoms with Crippen molar-refractivity contribution in [1.82, 2.24) is 9.62 Å². The highest BCUT2D eigenvalue weighted by Crippen LogP contribution is 2.32. The van der Waals surface area contributed by atoms with Crippen molar-refractivity contribution in [2.75, 3.05) is 13.1 Å². The summed E-state index contributed by atoms with van der Waals surface area (Å²) in [6, 6.07) is 3.51. The van der Waals surface area contributed by atoms with E-state index in [1.807, 2.05) is 6.92 Å². The van der Waals surface area contributed by atoms with Crippen LogP contribution in [0.3, 0.4) is 0 Å². The quantitative estimate of drug-likeness (QED) is 0.827. The van der Waals surface area contributed by atoms with E-state index in [0.717, 1.165) is 25.0 Å². The molecule has 0 aromatic heterocycles. The second-order valence-electron chi connectivity index (χ2n) is 5.83. The Kier molecular flexibility index (Phi) is 5.41. The molecule has 1 amide bonds. The molecule has 1 N–H and O–H groups in total. The lowest BCUT2D eigenvalue weighted by molar-refractivity contribution is 0.0935. The number of amides is 1. The molecule has 1 aromatic rings. The van der Waals surface area contributed by atoms with Gasteiger partial charge in [-0.1, -0.05) is 13.8 Å². The Labute approximate surface area is 136 Å². The van der Waals surface area contributed by atoms with Crippen molar-refractivity contribution in [3.63, 3.8) is 0 Å². The Bertz CT molecular complexity index is 683. The number of halogens is 1. The maximum Gasteiger partial charge on any atom is 0.251 e. The van der Waals surface area contributed by atoms with Gasteiger partial charge in [0.1, 0.15) is 10.7 Å². The molecule has 0 spiro atoms. The minimum atomic E-state index is -3.94. The van der Waals surface area contributed by atoms with Crippen LogP contribution >= 0.6 is 0 Å². The van der Waals surface area contributed by atoms with Crippen LogP contribution < -0.4 is 5.32 Å². The van der Waals surface area contributed by atoms with E-state index in [-0.39, 0.29) is 30.6 Å². The Morgan fingerprint density at radius 3 is 2.48 bits per heavy atom. The van der Waals surface area contributed by atoms with Crippen LogP contribution in [0.5, 0.6) is 0 Å². The number of nitrogens with one attached hydrogen (secondary N) is 1. The van der Waals surface area contributed by atoms with Gasteiger partial charge in [-0.25, -0.2) is 12.8 Å². The predicted octanol–water partition coefficient (Wildman–Crippen LogP) is 2.38. The Balaban J connectivity index is 2.29. The molecule has 1 aromatic carbocycles. The van der Waals surface area contributed by atoms with Crippen LogP contribution in [0.2, 0.25) is 0 Å². The molecular weight excluding hydrogens is 319 g/mol. The zero-order valence-electron chi connectivity index (χ0n) is 13.7. The molecule has 1 aliphatic rings. The zero-order chi connectivity index (χ0) is 17.2. The van der Waals surface area contributed by atoms with Crippen LogP contribution in [0.1, 0.15) is 44.0 Å². The van der Waals surface area contributed by atoms with Gasteiger partial charge in [0.25, 0.3) is 5.91 Å². The summed E-state index contributed by atoms with van der Waals surface area (Å²) in [5.41, 5.74) is 0.157. The van der Waals surface area contributed by atoms with Crippen molar-refractivity contribution in [2.45, 2.75) is 44.6 Å². The molecule has 1 fully saturated rings. The van der Waals surface area contributed by atoms with Gasteiger partial charge in [-0.2, -0.15) is 4.31 Å². The van der Waals surface area contributed by atoms with Gasteiger partial charge in [0, 0.05) is 24.7 Å². The summed E-state index contributed by atoms with van der Waals surface area (Å²) in [4.78, 5) is 11.8. The summed E-state index contributed by atoms with van der Waals surface area (Å²) >= 11 is 0. The molecule has 1 unspecified atom stereocenters. The van der Waals surface area contributed by atoms with Crippen LogP contribution in [-0.4, -0.2) is 37.8 Å². The van der Waals surface area contributed by atoms with Gasteiger partial charge in [-0.05, 0) is 43.9 Å². The minimum Gasteiger partial charge on any atom is -0.349 e. The molecule has 1 atom stereocenters. The number of hydrogen-bond donors (Lipinski definition) is 1. The molecule has 1 saturated carbocycles. The predicted molar refractivity (Wildman–Crippen MR) is 86.2 cm³/mol. The molecule has 5 nitrogen and oxygen atoms in total. The SMILES string of the molecule is CCN(CC)S(=O)(=O)c1cc(C(=O)NC(C)C2CC2)ccc1F. The van der Waals surface area contributed by atoms with Crippen molar-refractivity contribution in [2.24, 2.45) is 5.92 Å². The molecule has 0 aliphatic heterocycles. The third-order valence-electron chi connectivity index (χ3n) is 4.20. The van der Waals surface area contributed by atoms with Gasteiger partial charge in [0.2, 0.25) is 10.0 Å². The van der Waals surface area contributed by atoms with Crippen LogP contribution in [0.15, 0.2) is 23.1 Å². The van der Waals surface area contributed by atoms with E-state index in [1.54, 1.807) is 13.8 Å². The molecule has 1 aliphatic carbocycles. The lowest BCUT2D eigenvalue weighted by Gasteiger charge is -2.19. The second-order valence-corrected chi connectivity index (χ2v) is 7.74. The van der Waals surface area contributed by atoms with Crippen molar-refractivity contribution in [3.8, 4) is 0 Å². The monoisotopic (exact) mass is 342 g/mol. The summed E-state index contributed by atoms with van der Waals surface area (Å²) in [7, 11) is -3.94. The lowest BCUT2D eigenvalue weighted by Crippen LogP contribution is -2.34. The molecule has 0 bridgehead atoms. The largest absolute Gasteiger partial charge is 0.349 e. The van der Waals surface area contributed by atoms with E-state index < -0.39 is 20.7 Å². The first-order chi connectivity index (χ1) is 10.8. The van der Waals surface area contributed by atoms with E-state index in [2.05, 4.69) is 5.32 Å². The zero-order valence-corrected chi connectivity index (χ0v) is 14.5. The van der Waals surface area contributed by atoms with E-state index in [4.69, 9.17) is 0 Å². The first-order valence-corrected chi connectivity index (χ1v) is 9.35. The molecule has 0 saturated heterocycles. The highest BCUT2D eigenvalue weighted by Gasteiger charge is 2.30. The van der Waals surface area contributed by atoms with Crippen LogP contribution in [-0.2, 0) is 10.0 Å². The summed E-state index contributed by atoms with van der Waals surface area (Å²) in [5, 5.41) is 2.84. The van der Waals surface area contributed by atoms with Gasteiger partial charge in [-0.3, -0.25) is 4.79 Å². The van der Waals surface area contributed by atoms with Crippen LogP contribution in [0.25, 0.3) is 0 Å². The fourth-order valence-corrected chi connectivity index (χ4v) is 4.10. The summed E-state index contributed by atoms with van der Waals surface area (Å²) in [6.07, 6.45) is 2.18. The fraction of sp³-hybridized carbons (Fsp3) is 0.562. The topological polar surface area (TPSA) is 66.5 Å². The highest BCUT2D eigenvalue weighted by molar-refractivity contribution is 7.89. The smallest absolute Gasteiger partial charge is 0.251 e. The maximum atomic E-state index is 14.0. The van der Waals surface area contributed by atoms with Crippen molar-refractivity contribution in [3.05, 3.63) is 29.6 Å². The molecule has 0 radical (unpaired) electrons. The number of carbonyl (C=O) groups excluding carboxylic acids is 1. The Hall–Kier alpha value is -1.47. The maximum absolute atomic E-state index is 14.0. The first-order valence-electron chi connectivity index (χ1n) is 7.91. The van der Waals surface area contributed by atoms with Crippen LogP contribution in [0, 0.1) is 11.7 Å². The normalized spacial score (nSPS) is 16.4. The molecule has 7 heteroatoms. The first kappa shape index (κ1) is 17.9. The third-order valence-corrected chi connectivity index (χ3v) is 6.27. The summed E-state index contributed by atoms with van der Waals surface area (Å²) in [6.45, 7) is 5.78. The average molecular weight is 342 g/mol. The third kappa shape index (κ3) is 3.90. The molecule has 0 heterocycles. The number of carbonyl (C=O) groups is 1. The average Bonchev–Trinajstić information content (AvgIpc) is 3.32. The van der Waals surface area contributed by atoms with Gasteiger partial charge in [0.15, 0.2) is 0 Å². The van der Waals surface area contributed by atoms with Gasteiger partial charge >= 0.3 is 0 Å². The Morgan fingerprint density at radius 1 is 1.35 bits per heavy atom. The van der Waals surface area contributed by atoms with E-state index in [9.17, 15) is 17.6 Å². The standard InChI is InChI=1S/C16H23FN2O3S/c1-4-19(5-2)23(21,22)15-10-13(8-9-14(15)17)16(20)18-11(3)12-6-7-12/h8-12H,4-7H2,1-3H3,(H,18,20). The number of hydrogen-bond acceptors (Lipinski definition) is 3. The van der Waals surface area contributed by atoms with Gasteiger partial charge < -0.3 is 5.32 Å². The van der Waals surface area contributed by atoms with E-state index in [0.29, 0.717) is 5.92 Å². The molecule has 2 rings (SSSR count). The summed E-state index contributed by atoms with van der Waals surface area (Å²) < 4.78 is 40.2. The van der Waals surface area contributed by atoms with Crippen molar-refractivity contribution >= 4 is 15.9 Å². The fourth-order valence-electron chi connectivity index (χ4n) is 2.55. The molecule has 23 heavy (non-hydrogen) atoms. The highest BCUT2D eigenvalue weighted by atomic mass is 32.2. The van der Waals surface area contributed by atoms with Gasteiger partial charge in [-0.15, -0.1) is 0 Å². The number of rotatable bonds is 7. The second kappa shape index (κ2) is 6.97. The van der Waals surface area contributed by atoms with Crippen molar-refractivity contribution < 1.29 is 17.6 Å². The van der Waals surface area contributed by atoms with Crippen LogP contribution in [0.4, 0.5) is 4.39 Å². The minimum absolute atomic E-state index is 0.0374. The number of sulfonamides is 1. The molecule has 128 valence electrons. The Morgan fingerprint density at radius 2 is 1.96 bits per heavy atom. The van der Waals surface area contributed by atoms with Crippen molar-refractivity contribution in [1.29, 1.82) is 0 Å². The van der Waals surface area contributed by atoms with E-state index >= 15 is 0 Å². The lowest BCUT2D eigenvalue weighted by atomic mass is 10.1. The summed E-state index contributed by atoms with van der Waals surface area (Å²) in [5.74, 6) is -0.734. The molecular formula is C16H23FN2O3S. The van der Waals surface area contributed by atoms with Gasteiger partial charge in [0.05, 0.1) is 0 Å².